The van der Waals surface area contributed by atoms with E-state index >= 15 is 0 Å². The lowest BCUT2D eigenvalue weighted by atomic mass is 10.1. The number of aromatic amines is 1. The number of carbonyl (C=O) groups is 1. The van der Waals surface area contributed by atoms with Crippen molar-refractivity contribution >= 4 is 16.8 Å². The van der Waals surface area contributed by atoms with Gasteiger partial charge in [-0.2, -0.15) is 5.10 Å². The Hall–Kier alpha value is -2.60. The average Bonchev–Trinajstić information content (AvgIpc) is 3.19. The van der Waals surface area contributed by atoms with Gasteiger partial charge in [-0.3, -0.25) is 9.48 Å². The highest BCUT2D eigenvalue weighted by Gasteiger charge is 2.08. The van der Waals surface area contributed by atoms with Gasteiger partial charge in [0, 0.05) is 35.9 Å². The van der Waals surface area contributed by atoms with E-state index in [1.807, 2.05) is 42.3 Å². The molecule has 0 spiro atoms. The summed E-state index contributed by atoms with van der Waals surface area (Å²) in [4.78, 5) is 15.3. The van der Waals surface area contributed by atoms with E-state index in [9.17, 15) is 4.79 Å². The highest BCUT2D eigenvalue weighted by Crippen LogP contribution is 2.17. The number of hydrogen-bond donors (Lipinski definition) is 3. The Kier molecular flexibility index (Phi) is 5.50. The SMILES string of the molecule is Cc1cnn(CC(C)NCC(=O)NCCc2c[nH]c3ccccc23)c1. The number of aromatic nitrogens is 3. The van der Waals surface area contributed by atoms with Crippen LogP contribution in [0.4, 0.5) is 0 Å². The smallest absolute Gasteiger partial charge is 0.233 e. The molecule has 0 fully saturated rings. The minimum Gasteiger partial charge on any atom is -0.361 e. The summed E-state index contributed by atoms with van der Waals surface area (Å²) < 4.78 is 1.89. The monoisotopic (exact) mass is 339 g/mol. The molecule has 25 heavy (non-hydrogen) atoms. The summed E-state index contributed by atoms with van der Waals surface area (Å²) in [6.07, 6.45) is 6.67. The summed E-state index contributed by atoms with van der Waals surface area (Å²) in [7, 11) is 0. The Morgan fingerprint density at radius 2 is 2.20 bits per heavy atom. The van der Waals surface area contributed by atoms with Crippen molar-refractivity contribution in [1.29, 1.82) is 0 Å². The third kappa shape index (κ3) is 4.70. The van der Waals surface area contributed by atoms with Crippen LogP contribution in [0.1, 0.15) is 18.1 Å². The van der Waals surface area contributed by atoms with E-state index in [4.69, 9.17) is 0 Å². The second-order valence-electron chi connectivity index (χ2n) is 6.48. The summed E-state index contributed by atoms with van der Waals surface area (Å²) in [5, 5.41) is 11.7. The van der Waals surface area contributed by atoms with E-state index in [1.165, 1.54) is 10.9 Å². The van der Waals surface area contributed by atoms with Crippen LogP contribution in [0.3, 0.4) is 0 Å². The van der Waals surface area contributed by atoms with Gasteiger partial charge < -0.3 is 15.6 Å². The first kappa shape index (κ1) is 17.2. The van der Waals surface area contributed by atoms with Crippen molar-refractivity contribution in [2.45, 2.75) is 32.9 Å². The Morgan fingerprint density at radius 3 is 3.00 bits per heavy atom. The number of benzene rings is 1. The first-order valence-corrected chi connectivity index (χ1v) is 8.66. The predicted octanol–water partition coefficient (Wildman–Crippen LogP) is 2.01. The largest absolute Gasteiger partial charge is 0.361 e. The second-order valence-corrected chi connectivity index (χ2v) is 6.48. The molecule has 0 aliphatic carbocycles. The highest BCUT2D eigenvalue weighted by molar-refractivity contribution is 5.83. The molecule has 0 saturated carbocycles. The third-order valence-electron chi connectivity index (χ3n) is 4.23. The normalized spacial score (nSPS) is 12.4. The summed E-state index contributed by atoms with van der Waals surface area (Å²) in [5.74, 6) is 0.0170. The van der Waals surface area contributed by atoms with Crippen LogP contribution < -0.4 is 10.6 Å². The van der Waals surface area contributed by atoms with Gasteiger partial charge in [-0.05, 0) is 37.5 Å². The number of nitrogens with one attached hydrogen (secondary N) is 3. The lowest BCUT2D eigenvalue weighted by Gasteiger charge is -2.13. The zero-order valence-corrected chi connectivity index (χ0v) is 14.7. The van der Waals surface area contributed by atoms with Crippen LogP contribution in [0.2, 0.25) is 0 Å². The molecule has 1 aromatic carbocycles. The van der Waals surface area contributed by atoms with Crippen LogP contribution in [-0.4, -0.2) is 39.8 Å². The van der Waals surface area contributed by atoms with Gasteiger partial charge in [0.15, 0.2) is 0 Å². The van der Waals surface area contributed by atoms with Crippen LogP contribution in [-0.2, 0) is 17.8 Å². The number of para-hydroxylation sites is 1. The van der Waals surface area contributed by atoms with Gasteiger partial charge in [0.2, 0.25) is 5.91 Å². The number of H-pyrrole nitrogens is 1. The number of fused-ring (bicyclic) bond motifs is 1. The number of nitrogens with zero attached hydrogens (tertiary/aromatic N) is 2. The van der Waals surface area contributed by atoms with Crippen molar-refractivity contribution in [2.75, 3.05) is 13.1 Å². The molecule has 0 saturated heterocycles. The Labute approximate surface area is 147 Å². The van der Waals surface area contributed by atoms with E-state index < -0.39 is 0 Å². The maximum absolute atomic E-state index is 12.0. The van der Waals surface area contributed by atoms with Gasteiger partial charge in [-0.1, -0.05) is 18.2 Å². The lowest BCUT2D eigenvalue weighted by Crippen LogP contribution is -2.40. The molecule has 1 amide bonds. The van der Waals surface area contributed by atoms with E-state index in [0.717, 1.165) is 24.0 Å². The van der Waals surface area contributed by atoms with Crippen molar-refractivity contribution in [1.82, 2.24) is 25.4 Å². The molecule has 3 rings (SSSR count). The molecule has 6 heteroatoms. The molecular formula is C19H25N5O. The minimum absolute atomic E-state index is 0.0170. The van der Waals surface area contributed by atoms with Crippen molar-refractivity contribution in [3.8, 4) is 0 Å². The average molecular weight is 339 g/mol. The summed E-state index contributed by atoms with van der Waals surface area (Å²) in [6.45, 7) is 5.76. The van der Waals surface area contributed by atoms with Crippen LogP contribution in [0.15, 0.2) is 42.9 Å². The molecule has 0 aliphatic rings. The number of aryl methyl sites for hydroxylation is 1. The van der Waals surface area contributed by atoms with Gasteiger partial charge >= 0.3 is 0 Å². The zero-order chi connectivity index (χ0) is 17.6. The van der Waals surface area contributed by atoms with Gasteiger partial charge in [-0.25, -0.2) is 0 Å². The van der Waals surface area contributed by atoms with E-state index in [0.29, 0.717) is 13.1 Å². The van der Waals surface area contributed by atoms with Crippen molar-refractivity contribution in [3.05, 3.63) is 54.0 Å². The van der Waals surface area contributed by atoms with Gasteiger partial charge in [0.05, 0.1) is 19.3 Å². The highest BCUT2D eigenvalue weighted by atomic mass is 16.1. The van der Waals surface area contributed by atoms with Crippen LogP contribution in [0.25, 0.3) is 10.9 Å². The zero-order valence-electron chi connectivity index (χ0n) is 14.7. The molecule has 3 aromatic rings. The maximum atomic E-state index is 12.0. The molecule has 3 N–H and O–H groups in total. The minimum atomic E-state index is 0.0170. The lowest BCUT2D eigenvalue weighted by molar-refractivity contribution is -0.120. The Morgan fingerprint density at radius 1 is 1.36 bits per heavy atom. The first-order valence-electron chi connectivity index (χ1n) is 8.66. The fourth-order valence-corrected chi connectivity index (χ4v) is 2.92. The van der Waals surface area contributed by atoms with Crippen LogP contribution in [0, 0.1) is 6.92 Å². The topological polar surface area (TPSA) is 74.7 Å². The van der Waals surface area contributed by atoms with E-state index in [2.05, 4.69) is 39.8 Å². The predicted molar refractivity (Wildman–Crippen MR) is 99.4 cm³/mol. The molecule has 0 aliphatic heterocycles. The fourth-order valence-electron chi connectivity index (χ4n) is 2.92. The quantitative estimate of drug-likeness (QED) is 0.588. The van der Waals surface area contributed by atoms with E-state index in [1.54, 1.807) is 0 Å². The molecule has 0 radical (unpaired) electrons. The molecule has 0 bridgehead atoms. The molecule has 132 valence electrons. The van der Waals surface area contributed by atoms with Crippen LogP contribution in [0.5, 0.6) is 0 Å². The first-order chi connectivity index (χ1) is 12.1. The summed E-state index contributed by atoms with van der Waals surface area (Å²) >= 11 is 0. The van der Waals surface area contributed by atoms with Gasteiger partial charge in [-0.15, -0.1) is 0 Å². The number of hydrogen-bond acceptors (Lipinski definition) is 3. The number of carbonyl (C=O) groups excluding carboxylic acids is 1. The Bertz CT molecular complexity index is 835. The molecule has 2 aromatic heterocycles. The number of amides is 1. The standard InChI is InChI=1S/C19H25N5O/c1-14-9-23-24(12-14)13-15(2)21-11-19(25)20-8-7-16-10-22-18-6-4-3-5-17(16)18/h3-6,9-10,12,15,21-22H,7-8,11,13H2,1-2H3,(H,20,25). The Balaban J connectivity index is 1.38. The molecule has 1 atom stereocenters. The van der Waals surface area contributed by atoms with Gasteiger partial charge in [0.1, 0.15) is 0 Å². The maximum Gasteiger partial charge on any atom is 0.233 e. The number of rotatable bonds is 8. The molecule has 1 unspecified atom stereocenters. The van der Waals surface area contributed by atoms with Crippen molar-refractivity contribution < 1.29 is 4.79 Å². The van der Waals surface area contributed by atoms with Crippen molar-refractivity contribution in [3.63, 3.8) is 0 Å². The molecule has 2 heterocycles. The second kappa shape index (κ2) is 7.98. The fraction of sp³-hybridized carbons (Fsp3) is 0.368. The van der Waals surface area contributed by atoms with E-state index in [-0.39, 0.29) is 11.9 Å². The van der Waals surface area contributed by atoms with Gasteiger partial charge in [0.25, 0.3) is 0 Å². The molecular weight excluding hydrogens is 314 g/mol. The third-order valence-corrected chi connectivity index (χ3v) is 4.23. The summed E-state index contributed by atoms with van der Waals surface area (Å²) in [6, 6.07) is 8.39. The van der Waals surface area contributed by atoms with Crippen molar-refractivity contribution in [2.24, 2.45) is 0 Å². The summed E-state index contributed by atoms with van der Waals surface area (Å²) in [5.41, 5.74) is 3.50. The van der Waals surface area contributed by atoms with Crippen LogP contribution >= 0.6 is 0 Å². The molecule has 6 nitrogen and oxygen atoms in total.